The van der Waals surface area contributed by atoms with Crippen LogP contribution in [0.2, 0.25) is 0 Å². The van der Waals surface area contributed by atoms with E-state index in [9.17, 15) is 4.79 Å². The zero-order valence-corrected chi connectivity index (χ0v) is 13.8. The number of hydrogen-bond acceptors (Lipinski definition) is 4. The minimum absolute atomic E-state index is 0.112. The minimum Gasteiger partial charge on any atom is -0.334 e. The van der Waals surface area contributed by atoms with E-state index in [4.69, 9.17) is 0 Å². The maximum atomic E-state index is 12.7. The van der Waals surface area contributed by atoms with Crippen LogP contribution in [0.4, 0.5) is 5.69 Å². The van der Waals surface area contributed by atoms with Crippen LogP contribution in [0.5, 0.6) is 0 Å². The number of nitrogens with zero attached hydrogens (tertiary/aromatic N) is 4. The van der Waals surface area contributed by atoms with Gasteiger partial charge >= 0.3 is 0 Å². The number of amides is 1. The molecule has 6 nitrogen and oxygen atoms in total. The normalized spacial score (nSPS) is 14.6. The molecule has 2 aromatic heterocycles. The number of hydrogen-bond donors (Lipinski definition) is 1. The molecule has 1 N–H and O–H groups in total. The first-order valence-electron chi connectivity index (χ1n) is 7.98. The third-order valence-corrected chi connectivity index (χ3v) is 4.56. The third kappa shape index (κ3) is 2.55. The molecule has 0 fully saturated rings. The molecule has 24 heavy (non-hydrogen) atoms. The highest BCUT2D eigenvalue weighted by Gasteiger charge is 2.20. The van der Waals surface area contributed by atoms with Crippen LogP contribution in [0, 0.1) is 0 Å². The monoisotopic (exact) mass is 321 g/mol. The first-order chi connectivity index (χ1) is 11.6. The lowest BCUT2D eigenvalue weighted by Crippen LogP contribution is -2.29. The summed E-state index contributed by atoms with van der Waals surface area (Å²) in [6.45, 7) is 1.79. The van der Waals surface area contributed by atoms with Crippen LogP contribution >= 0.6 is 0 Å². The number of aromatic nitrogens is 3. The van der Waals surface area contributed by atoms with Crippen LogP contribution in [0.3, 0.4) is 0 Å². The highest BCUT2D eigenvalue weighted by molar-refractivity contribution is 6.06. The topological polar surface area (TPSA) is 63.1 Å². The fraction of sp³-hybridized carbons (Fsp3) is 0.278. The maximum absolute atomic E-state index is 12.7. The fourth-order valence-corrected chi connectivity index (χ4v) is 3.24. The van der Waals surface area contributed by atoms with Gasteiger partial charge < -0.3 is 14.8 Å². The molecule has 0 spiro atoms. The van der Waals surface area contributed by atoms with Crippen molar-refractivity contribution < 1.29 is 4.79 Å². The molecule has 0 atom stereocenters. The number of pyridine rings is 1. The lowest BCUT2D eigenvalue weighted by Gasteiger charge is -2.26. The molecule has 0 unspecified atom stereocenters. The Morgan fingerprint density at radius 3 is 3.00 bits per heavy atom. The number of carbonyl (C=O) groups is 1. The zero-order valence-electron chi connectivity index (χ0n) is 13.8. The van der Waals surface area contributed by atoms with Crippen molar-refractivity contribution >= 4 is 22.6 Å². The predicted molar refractivity (Wildman–Crippen MR) is 92.9 cm³/mol. The van der Waals surface area contributed by atoms with E-state index in [1.165, 1.54) is 0 Å². The number of likely N-dealkylation sites (N-methyl/N-ethyl adjacent to an activating group) is 1. The largest absolute Gasteiger partial charge is 0.334 e. The summed E-state index contributed by atoms with van der Waals surface area (Å²) in [5.74, 6) is -0.112. The molecule has 122 valence electrons. The van der Waals surface area contributed by atoms with Crippen molar-refractivity contribution in [3.63, 3.8) is 0 Å². The summed E-state index contributed by atoms with van der Waals surface area (Å²) in [6, 6.07) is 5.76. The van der Waals surface area contributed by atoms with Crippen LogP contribution < -0.4 is 5.32 Å². The summed E-state index contributed by atoms with van der Waals surface area (Å²) in [6.07, 6.45) is 6.17. The highest BCUT2D eigenvalue weighted by Crippen LogP contribution is 2.23. The number of imidazole rings is 1. The second kappa shape index (κ2) is 5.72. The number of anilines is 1. The Hall–Kier alpha value is -2.73. The quantitative estimate of drug-likeness (QED) is 0.786. The molecule has 3 aromatic rings. The lowest BCUT2D eigenvalue weighted by atomic mass is 9.97. The fourth-order valence-electron chi connectivity index (χ4n) is 3.24. The van der Waals surface area contributed by atoms with E-state index in [2.05, 4.69) is 27.2 Å². The first kappa shape index (κ1) is 14.8. The number of nitrogens with one attached hydrogen (secondary N) is 1. The Morgan fingerprint density at radius 1 is 1.25 bits per heavy atom. The van der Waals surface area contributed by atoms with Gasteiger partial charge in [-0.25, -0.2) is 4.98 Å². The Balaban J connectivity index is 1.63. The number of carbonyl (C=O) groups excluding carboxylic acids is 1. The van der Waals surface area contributed by atoms with Gasteiger partial charge in [-0.2, -0.15) is 0 Å². The molecule has 0 saturated heterocycles. The minimum atomic E-state index is -0.112. The van der Waals surface area contributed by atoms with E-state index in [0.29, 0.717) is 5.56 Å². The van der Waals surface area contributed by atoms with Crippen LogP contribution in [0.1, 0.15) is 21.5 Å². The molecule has 1 aliphatic heterocycles. The van der Waals surface area contributed by atoms with Crippen molar-refractivity contribution in [3.05, 3.63) is 53.6 Å². The molecule has 0 aliphatic carbocycles. The second-order valence-electron chi connectivity index (χ2n) is 6.33. The molecule has 0 bridgehead atoms. The lowest BCUT2D eigenvalue weighted by molar-refractivity contribution is 0.102. The molecule has 6 heteroatoms. The number of fused-ring (bicyclic) bond motifs is 2. The molecule has 0 saturated carbocycles. The van der Waals surface area contributed by atoms with Crippen molar-refractivity contribution in [3.8, 4) is 0 Å². The van der Waals surface area contributed by atoms with Gasteiger partial charge in [0.25, 0.3) is 5.91 Å². The van der Waals surface area contributed by atoms with Gasteiger partial charge in [-0.05, 0) is 42.8 Å². The van der Waals surface area contributed by atoms with Crippen LogP contribution in [0.25, 0.3) is 11.0 Å². The summed E-state index contributed by atoms with van der Waals surface area (Å²) >= 11 is 0. The van der Waals surface area contributed by atoms with Gasteiger partial charge in [-0.3, -0.25) is 9.78 Å². The van der Waals surface area contributed by atoms with Gasteiger partial charge in [-0.15, -0.1) is 0 Å². The molecule has 1 aliphatic rings. The molecule has 1 aromatic carbocycles. The summed E-state index contributed by atoms with van der Waals surface area (Å²) in [4.78, 5) is 23.5. The SMILES string of the molecule is CN1CCc2c(cncc2C(=O)Nc2ccc3c(c2)ncn3C)C1. The predicted octanol–water partition coefficient (Wildman–Crippen LogP) is 2.21. The molecule has 3 heterocycles. The average molecular weight is 321 g/mol. The molecule has 1 amide bonds. The van der Waals surface area contributed by atoms with Crippen molar-refractivity contribution in [1.82, 2.24) is 19.4 Å². The first-order valence-corrected chi connectivity index (χ1v) is 7.98. The van der Waals surface area contributed by atoms with Crippen LogP contribution in [-0.4, -0.2) is 38.9 Å². The molecular weight excluding hydrogens is 302 g/mol. The number of rotatable bonds is 2. The van der Waals surface area contributed by atoms with E-state index >= 15 is 0 Å². The summed E-state index contributed by atoms with van der Waals surface area (Å²) in [7, 11) is 4.03. The second-order valence-corrected chi connectivity index (χ2v) is 6.33. The van der Waals surface area contributed by atoms with E-state index in [-0.39, 0.29) is 5.91 Å². The summed E-state index contributed by atoms with van der Waals surface area (Å²) in [5.41, 5.74) is 5.56. The zero-order chi connectivity index (χ0) is 16.7. The van der Waals surface area contributed by atoms with Gasteiger partial charge in [-0.1, -0.05) is 0 Å². The van der Waals surface area contributed by atoms with Gasteiger partial charge in [0.2, 0.25) is 0 Å². The Bertz CT molecular complexity index is 930. The van der Waals surface area contributed by atoms with E-state index in [0.717, 1.165) is 47.4 Å². The van der Waals surface area contributed by atoms with Crippen molar-refractivity contribution in [2.24, 2.45) is 7.05 Å². The Labute approximate surface area is 140 Å². The smallest absolute Gasteiger partial charge is 0.257 e. The number of aryl methyl sites for hydroxylation is 1. The Kier molecular flexibility index (Phi) is 3.54. The van der Waals surface area contributed by atoms with Gasteiger partial charge in [0.1, 0.15) is 0 Å². The average Bonchev–Trinajstić information content (AvgIpc) is 2.94. The Morgan fingerprint density at radius 2 is 2.12 bits per heavy atom. The highest BCUT2D eigenvalue weighted by atomic mass is 16.1. The van der Waals surface area contributed by atoms with Crippen molar-refractivity contribution in [2.45, 2.75) is 13.0 Å². The van der Waals surface area contributed by atoms with E-state index in [1.807, 2.05) is 36.0 Å². The van der Waals surface area contributed by atoms with Gasteiger partial charge in [0.05, 0.1) is 22.9 Å². The standard InChI is InChI=1S/C18H19N5O/c1-22-6-5-14-12(10-22)8-19-9-15(14)18(24)21-13-3-4-17-16(7-13)20-11-23(17)2/h3-4,7-9,11H,5-6,10H2,1-2H3,(H,21,24). The van der Waals surface area contributed by atoms with Crippen LogP contribution in [-0.2, 0) is 20.0 Å². The maximum Gasteiger partial charge on any atom is 0.257 e. The van der Waals surface area contributed by atoms with Crippen LogP contribution in [0.15, 0.2) is 36.9 Å². The molecule has 4 rings (SSSR count). The van der Waals surface area contributed by atoms with Gasteiger partial charge in [0, 0.05) is 38.2 Å². The van der Waals surface area contributed by atoms with Crippen molar-refractivity contribution in [2.75, 3.05) is 18.9 Å². The van der Waals surface area contributed by atoms with E-state index in [1.54, 1.807) is 12.5 Å². The summed E-state index contributed by atoms with van der Waals surface area (Å²) < 4.78 is 1.95. The third-order valence-electron chi connectivity index (χ3n) is 4.56. The van der Waals surface area contributed by atoms with Gasteiger partial charge in [0.15, 0.2) is 0 Å². The molecule has 0 radical (unpaired) electrons. The van der Waals surface area contributed by atoms with E-state index < -0.39 is 0 Å². The number of benzene rings is 1. The summed E-state index contributed by atoms with van der Waals surface area (Å²) in [5, 5.41) is 2.98. The van der Waals surface area contributed by atoms with Crippen molar-refractivity contribution in [1.29, 1.82) is 0 Å². The molecular formula is C18H19N5O.